The molecule has 0 atom stereocenters. The Morgan fingerprint density at radius 3 is 2.73 bits per heavy atom. The van der Waals surface area contributed by atoms with E-state index in [0.29, 0.717) is 12.1 Å². The van der Waals surface area contributed by atoms with Gasteiger partial charge in [0.05, 0.1) is 11.0 Å². The molecular formula is C18H19N3O. The Morgan fingerprint density at radius 1 is 1.18 bits per heavy atom. The van der Waals surface area contributed by atoms with Crippen LogP contribution >= 0.6 is 0 Å². The SMILES string of the molecule is Cc1nc2cc(CCNC(=O)c3ccccc3)ccc2n1C. The average Bonchev–Trinajstić information content (AvgIpc) is 2.82. The van der Waals surface area contributed by atoms with Crippen molar-refractivity contribution >= 4 is 16.9 Å². The average molecular weight is 293 g/mol. The molecule has 3 rings (SSSR count). The second-order valence-electron chi connectivity index (χ2n) is 5.41. The Bertz CT molecular complexity index is 806. The summed E-state index contributed by atoms with van der Waals surface area (Å²) in [7, 11) is 2.02. The summed E-state index contributed by atoms with van der Waals surface area (Å²) in [6.45, 7) is 2.62. The van der Waals surface area contributed by atoms with Gasteiger partial charge in [0.1, 0.15) is 5.82 Å². The van der Waals surface area contributed by atoms with E-state index in [1.165, 1.54) is 5.56 Å². The summed E-state index contributed by atoms with van der Waals surface area (Å²) in [6.07, 6.45) is 0.796. The van der Waals surface area contributed by atoms with Gasteiger partial charge in [0.25, 0.3) is 5.91 Å². The molecule has 112 valence electrons. The summed E-state index contributed by atoms with van der Waals surface area (Å²) in [6, 6.07) is 15.5. The lowest BCUT2D eigenvalue weighted by Crippen LogP contribution is -2.25. The summed E-state index contributed by atoms with van der Waals surface area (Å²) < 4.78 is 2.08. The molecule has 1 heterocycles. The summed E-state index contributed by atoms with van der Waals surface area (Å²) in [5, 5.41) is 2.95. The van der Waals surface area contributed by atoms with E-state index in [-0.39, 0.29) is 5.91 Å². The fourth-order valence-corrected chi connectivity index (χ4v) is 2.53. The van der Waals surface area contributed by atoms with Crippen LogP contribution in [0.2, 0.25) is 0 Å². The molecule has 0 aliphatic rings. The molecule has 1 amide bonds. The van der Waals surface area contributed by atoms with Crippen LogP contribution in [-0.4, -0.2) is 22.0 Å². The van der Waals surface area contributed by atoms with Crippen molar-refractivity contribution in [2.75, 3.05) is 6.54 Å². The minimum Gasteiger partial charge on any atom is -0.352 e. The molecule has 0 fully saturated rings. The minimum atomic E-state index is -0.0321. The molecule has 0 unspecified atom stereocenters. The van der Waals surface area contributed by atoms with Gasteiger partial charge >= 0.3 is 0 Å². The molecule has 4 heteroatoms. The maximum absolute atomic E-state index is 12.0. The van der Waals surface area contributed by atoms with Crippen LogP contribution in [0.25, 0.3) is 11.0 Å². The van der Waals surface area contributed by atoms with E-state index in [1.807, 2.05) is 44.3 Å². The number of aryl methyl sites for hydroxylation is 2. The number of amides is 1. The number of benzene rings is 2. The van der Waals surface area contributed by atoms with Crippen LogP contribution in [0.3, 0.4) is 0 Å². The fraction of sp³-hybridized carbons (Fsp3) is 0.222. The Hall–Kier alpha value is -2.62. The zero-order chi connectivity index (χ0) is 15.5. The van der Waals surface area contributed by atoms with Crippen molar-refractivity contribution in [3.8, 4) is 0 Å². The smallest absolute Gasteiger partial charge is 0.251 e. The number of hydrogen-bond acceptors (Lipinski definition) is 2. The fourth-order valence-electron chi connectivity index (χ4n) is 2.53. The van der Waals surface area contributed by atoms with E-state index in [9.17, 15) is 4.79 Å². The van der Waals surface area contributed by atoms with Crippen molar-refractivity contribution in [1.82, 2.24) is 14.9 Å². The van der Waals surface area contributed by atoms with Gasteiger partial charge in [0.2, 0.25) is 0 Å². The first kappa shape index (κ1) is 14.3. The number of nitrogens with zero attached hydrogens (tertiary/aromatic N) is 2. The Morgan fingerprint density at radius 2 is 1.95 bits per heavy atom. The van der Waals surface area contributed by atoms with Crippen molar-refractivity contribution in [2.45, 2.75) is 13.3 Å². The standard InChI is InChI=1S/C18H19N3O/c1-13-20-16-12-14(8-9-17(16)21(13)2)10-11-19-18(22)15-6-4-3-5-7-15/h3-9,12H,10-11H2,1-2H3,(H,19,22). The van der Waals surface area contributed by atoms with E-state index >= 15 is 0 Å². The molecule has 3 aromatic rings. The number of carbonyl (C=O) groups excluding carboxylic acids is 1. The molecule has 22 heavy (non-hydrogen) atoms. The van der Waals surface area contributed by atoms with Gasteiger partial charge in [-0.3, -0.25) is 4.79 Å². The van der Waals surface area contributed by atoms with Crippen molar-refractivity contribution in [2.24, 2.45) is 7.05 Å². The normalized spacial score (nSPS) is 10.8. The predicted molar refractivity (Wildman–Crippen MR) is 87.9 cm³/mol. The second kappa shape index (κ2) is 6.02. The summed E-state index contributed by atoms with van der Waals surface area (Å²) >= 11 is 0. The molecule has 0 aliphatic carbocycles. The highest BCUT2D eigenvalue weighted by atomic mass is 16.1. The van der Waals surface area contributed by atoms with Gasteiger partial charge in [-0.25, -0.2) is 4.98 Å². The molecule has 0 saturated carbocycles. The topological polar surface area (TPSA) is 46.9 Å². The Labute approximate surface area is 129 Å². The van der Waals surface area contributed by atoms with Crippen molar-refractivity contribution < 1.29 is 4.79 Å². The summed E-state index contributed by atoms with van der Waals surface area (Å²) in [5.41, 5.74) is 4.01. The third-order valence-corrected chi connectivity index (χ3v) is 3.90. The molecular weight excluding hydrogens is 274 g/mol. The van der Waals surface area contributed by atoms with Crippen LogP contribution in [0, 0.1) is 6.92 Å². The highest BCUT2D eigenvalue weighted by molar-refractivity contribution is 5.94. The summed E-state index contributed by atoms with van der Waals surface area (Å²) in [4.78, 5) is 16.5. The van der Waals surface area contributed by atoms with E-state index in [1.54, 1.807) is 0 Å². The maximum atomic E-state index is 12.0. The zero-order valence-corrected chi connectivity index (χ0v) is 12.8. The lowest BCUT2D eigenvalue weighted by atomic mass is 10.1. The van der Waals surface area contributed by atoms with Gasteiger partial charge in [-0.15, -0.1) is 0 Å². The Balaban J connectivity index is 1.63. The lowest BCUT2D eigenvalue weighted by Gasteiger charge is -2.05. The largest absolute Gasteiger partial charge is 0.352 e. The van der Waals surface area contributed by atoms with E-state index in [2.05, 4.69) is 33.1 Å². The molecule has 0 radical (unpaired) electrons. The number of carbonyl (C=O) groups is 1. The van der Waals surface area contributed by atoms with Crippen LogP contribution in [0.5, 0.6) is 0 Å². The quantitative estimate of drug-likeness (QED) is 0.804. The first-order valence-electron chi connectivity index (χ1n) is 7.40. The van der Waals surface area contributed by atoms with Crippen molar-refractivity contribution in [1.29, 1.82) is 0 Å². The first-order valence-corrected chi connectivity index (χ1v) is 7.40. The molecule has 0 bridgehead atoms. The molecule has 0 spiro atoms. The predicted octanol–water partition coefficient (Wildman–Crippen LogP) is 2.85. The molecule has 2 aromatic carbocycles. The van der Waals surface area contributed by atoms with Crippen molar-refractivity contribution in [3.05, 3.63) is 65.5 Å². The summed E-state index contributed by atoms with van der Waals surface area (Å²) in [5.74, 6) is 0.972. The number of fused-ring (bicyclic) bond motifs is 1. The van der Waals surface area contributed by atoms with Gasteiger partial charge in [-0.2, -0.15) is 0 Å². The number of imidazole rings is 1. The molecule has 0 saturated heterocycles. The number of aromatic nitrogens is 2. The third-order valence-electron chi connectivity index (χ3n) is 3.90. The van der Waals surface area contributed by atoms with E-state index < -0.39 is 0 Å². The first-order chi connectivity index (χ1) is 10.6. The zero-order valence-electron chi connectivity index (χ0n) is 12.8. The van der Waals surface area contributed by atoms with Gasteiger partial charge in [-0.1, -0.05) is 24.3 Å². The Kier molecular flexibility index (Phi) is 3.92. The van der Waals surface area contributed by atoms with E-state index in [4.69, 9.17) is 0 Å². The van der Waals surface area contributed by atoms with Gasteiger partial charge in [0, 0.05) is 19.2 Å². The highest BCUT2D eigenvalue weighted by Gasteiger charge is 2.06. The van der Waals surface area contributed by atoms with Crippen LogP contribution in [0.1, 0.15) is 21.7 Å². The maximum Gasteiger partial charge on any atom is 0.251 e. The van der Waals surface area contributed by atoms with Crippen LogP contribution in [0.4, 0.5) is 0 Å². The number of rotatable bonds is 4. The third kappa shape index (κ3) is 2.86. The van der Waals surface area contributed by atoms with E-state index in [0.717, 1.165) is 23.3 Å². The monoisotopic (exact) mass is 293 g/mol. The number of hydrogen-bond donors (Lipinski definition) is 1. The molecule has 4 nitrogen and oxygen atoms in total. The van der Waals surface area contributed by atoms with Crippen LogP contribution in [-0.2, 0) is 13.5 Å². The van der Waals surface area contributed by atoms with Crippen LogP contribution < -0.4 is 5.32 Å². The molecule has 1 N–H and O–H groups in total. The molecule has 1 aromatic heterocycles. The van der Waals surface area contributed by atoms with Crippen LogP contribution in [0.15, 0.2) is 48.5 Å². The lowest BCUT2D eigenvalue weighted by molar-refractivity contribution is 0.0954. The second-order valence-corrected chi connectivity index (χ2v) is 5.41. The minimum absolute atomic E-state index is 0.0321. The van der Waals surface area contributed by atoms with Gasteiger partial charge in [0.15, 0.2) is 0 Å². The van der Waals surface area contributed by atoms with Gasteiger partial charge in [-0.05, 0) is 43.2 Å². The highest BCUT2D eigenvalue weighted by Crippen LogP contribution is 2.16. The van der Waals surface area contributed by atoms with Gasteiger partial charge < -0.3 is 9.88 Å². The number of nitrogens with one attached hydrogen (secondary N) is 1. The van der Waals surface area contributed by atoms with Crippen molar-refractivity contribution in [3.63, 3.8) is 0 Å². The molecule has 0 aliphatic heterocycles.